The monoisotopic (exact) mass is 306 g/mol. The molecule has 1 aromatic heterocycles. The molecule has 1 heterocycles. The summed E-state index contributed by atoms with van der Waals surface area (Å²) in [4.78, 5) is 6.00. The first-order valence-corrected chi connectivity index (χ1v) is 8.16. The predicted molar refractivity (Wildman–Crippen MR) is 82.2 cm³/mol. The second kappa shape index (κ2) is 6.54. The molecule has 1 aromatic carbocycles. The first-order valence-electron chi connectivity index (χ1n) is 7.34. The predicted octanol–water partition coefficient (Wildman–Crippen LogP) is 3.85. The highest BCUT2D eigenvalue weighted by molar-refractivity contribution is 7.11. The second-order valence-corrected chi connectivity index (χ2v) is 6.36. The lowest BCUT2D eigenvalue weighted by molar-refractivity contribution is 0.289. The molecule has 1 N–H and O–H groups in total. The average Bonchev–Trinajstić information content (AvgIpc) is 3.26. The molecule has 1 fully saturated rings. The van der Waals surface area contributed by atoms with Crippen molar-refractivity contribution in [3.05, 3.63) is 45.7 Å². The maximum absolute atomic E-state index is 13.5. The van der Waals surface area contributed by atoms with E-state index < -0.39 is 0 Å². The van der Waals surface area contributed by atoms with Gasteiger partial charge in [-0.05, 0) is 31.5 Å². The van der Waals surface area contributed by atoms with Crippen LogP contribution in [-0.4, -0.2) is 11.5 Å². The zero-order valence-corrected chi connectivity index (χ0v) is 12.9. The minimum atomic E-state index is -0.329. The highest BCUT2D eigenvalue weighted by atomic mass is 32.1. The van der Waals surface area contributed by atoms with E-state index in [0.717, 1.165) is 18.1 Å². The summed E-state index contributed by atoms with van der Waals surface area (Å²) in [7, 11) is 0. The fourth-order valence-electron chi connectivity index (χ4n) is 2.22. The van der Waals surface area contributed by atoms with Crippen molar-refractivity contribution < 1.29 is 9.13 Å². The number of ether oxygens (including phenoxy) is 1. The molecule has 0 amide bonds. The molecule has 5 heteroatoms. The number of nitrogens with zero attached hydrogens (tertiary/aromatic N) is 1. The summed E-state index contributed by atoms with van der Waals surface area (Å²) in [5.74, 6) is 0.579. The molecule has 1 saturated carbocycles. The van der Waals surface area contributed by atoms with Gasteiger partial charge in [-0.3, -0.25) is 0 Å². The van der Waals surface area contributed by atoms with E-state index in [0.29, 0.717) is 12.5 Å². The van der Waals surface area contributed by atoms with Crippen LogP contribution in [-0.2, 0) is 13.2 Å². The van der Waals surface area contributed by atoms with E-state index in [2.05, 4.69) is 12.2 Å². The number of para-hydroxylation sites is 1. The topological polar surface area (TPSA) is 34.1 Å². The van der Waals surface area contributed by atoms with Gasteiger partial charge in [-0.15, -0.1) is 11.3 Å². The Kier molecular flexibility index (Phi) is 4.51. The Morgan fingerprint density at radius 3 is 2.90 bits per heavy atom. The van der Waals surface area contributed by atoms with Crippen LogP contribution in [0.5, 0.6) is 5.75 Å². The number of halogens is 1. The number of nitrogens with one attached hydrogen (secondary N) is 1. The molecule has 1 aliphatic carbocycles. The summed E-state index contributed by atoms with van der Waals surface area (Å²) in [6, 6.07) is 6.48. The summed E-state index contributed by atoms with van der Waals surface area (Å²) in [6.07, 6.45) is 2.47. The summed E-state index contributed by atoms with van der Waals surface area (Å²) in [5.41, 5.74) is 1.22. The Balaban J connectivity index is 1.69. The molecular formula is C16H19FN2OS. The fourth-order valence-corrected chi connectivity index (χ4v) is 3.26. The standard InChI is InChI=1S/C16H19FN2OS/c1-2-18-9-14-16(11-7-8-11)19-15(21-14)10-20-13-6-4-3-5-12(13)17/h3-6,11,18H,2,7-10H2,1H3. The van der Waals surface area contributed by atoms with E-state index in [4.69, 9.17) is 9.72 Å². The summed E-state index contributed by atoms with van der Waals surface area (Å²) in [6.45, 7) is 4.24. The molecule has 21 heavy (non-hydrogen) atoms. The van der Waals surface area contributed by atoms with E-state index in [1.165, 1.54) is 29.5 Å². The number of rotatable bonds is 7. The van der Waals surface area contributed by atoms with Crippen LogP contribution < -0.4 is 10.1 Å². The minimum Gasteiger partial charge on any atom is -0.483 e. The molecule has 0 atom stereocenters. The van der Waals surface area contributed by atoms with Gasteiger partial charge < -0.3 is 10.1 Å². The Morgan fingerprint density at radius 1 is 1.38 bits per heavy atom. The highest BCUT2D eigenvalue weighted by Gasteiger charge is 2.29. The van der Waals surface area contributed by atoms with Gasteiger partial charge in [0.1, 0.15) is 11.6 Å². The van der Waals surface area contributed by atoms with Crippen molar-refractivity contribution in [2.45, 2.75) is 38.8 Å². The van der Waals surface area contributed by atoms with Crippen LogP contribution in [0.25, 0.3) is 0 Å². The highest BCUT2D eigenvalue weighted by Crippen LogP contribution is 2.42. The van der Waals surface area contributed by atoms with Crippen LogP contribution in [0.3, 0.4) is 0 Å². The maximum atomic E-state index is 13.5. The minimum absolute atomic E-state index is 0.286. The van der Waals surface area contributed by atoms with E-state index >= 15 is 0 Å². The van der Waals surface area contributed by atoms with Crippen LogP contribution in [0.4, 0.5) is 4.39 Å². The van der Waals surface area contributed by atoms with Gasteiger partial charge in [0, 0.05) is 17.3 Å². The Labute approximate surface area is 128 Å². The Bertz CT molecular complexity index is 610. The van der Waals surface area contributed by atoms with Gasteiger partial charge in [0.2, 0.25) is 0 Å². The molecule has 1 aliphatic rings. The summed E-state index contributed by atoms with van der Waals surface area (Å²) < 4.78 is 19.1. The van der Waals surface area contributed by atoms with Crippen LogP contribution in [0, 0.1) is 5.82 Å². The number of hydrogen-bond donors (Lipinski definition) is 1. The SMILES string of the molecule is CCNCc1sc(COc2ccccc2F)nc1C1CC1. The van der Waals surface area contributed by atoms with Gasteiger partial charge >= 0.3 is 0 Å². The zero-order valence-electron chi connectivity index (χ0n) is 12.1. The van der Waals surface area contributed by atoms with Gasteiger partial charge in [0.05, 0.1) is 5.69 Å². The van der Waals surface area contributed by atoms with Crippen molar-refractivity contribution in [2.24, 2.45) is 0 Å². The Morgan fingerprint density at radius 2 is 2.19 bits per heavy atom. The van der Waals surface area contributed by atoms with Crippen LogP contribution in [0.2, 0.25) is 0 Å². The molecule has 0 aliphatic heterocycles. The quantitative estimate of drug-likeness (QED) is 0.843. The van der Waals surface area contributed by atoms with Gasteiger partial charge in [-0.1, -0.05) is 19.1 Å². The molecule has 3 rings (SSSR count). The molecule has 0 bridgehead atoms. The average molecular weight is 306 g/mol. The third-order valence-electron chi connectivity index (χ3n) is 3.46. The third kappa shape index (κ3) is 3.60. The Hall–Kier alpha value is -1.46. The van der Waals surface area contributed by atoms with Gasteiger partial charge in [0.15, 0.2) is 11.6 Å². The lowest BCUT2D eigenvalue weighted by Gasteiger charge is -2.04. The van der Waals surface area contributed by atoms with Gasteiger partial charge in [-0.25, -0.2) is 9.37 Å². The first kappa shape index (κ1) is 14.5. The van der Waals surface area contributed by atoms with Crippen LogP contribution >= 0.6 is 11.3 Å². The molecule has 2 aromatic rings. The van der Waals surface area contributed by atoms with Crippen LogP contribution in [0.1, 0.15) is 41.3 Å². The van der Waals surface area contributed by atoms with Gasteiger partial charge in [0.25, 0.3) is 0 Å². The molecule has 0 radical (unpaired) electrons. The number of benzene rings is 1. The number of hydrogen-bond acceptors (Lipinski definition) is 4. The second-order valence-electron chi connectivity index (χ2n) is 5.19. The lowest BCUT2D eigenvalue weighted by atomic mass is 10.2. The normalized spacial score (nSPS) is 14.4. The molecule has 0 unspecified atom stereocenters. The molecular weight excluding hydrogens is 287 g/mol. The van der Waals surface area contributed by atoms with Gasteiger partial charge in [-0.2, -0.15) is 0 Å². The summed E-state index contributed by atoms with van der Waals surface area (Å²) >= 11 is 1.67. The largest absolute Gasteiger partial charge is 0.483 e. The van der Waals surface area contributed by atoms with Crippen LogP contribution in [0.15, 0.2) is 24.3 Å². The number of aromatic nitrogens is 1. The first-order chi connectivity index (χ1) is 10.3. The molecule has 0 spiro atoms. The van der Waals surface area contributed by atoms with Crippen molar-refractivity contribution in [2.75, 3.05) is 6.54 Å². The maximum Gasteiger partial charge on any atom is 0.165 e. The molecule has 112 valence electrons. The molecule has 0 saturated heterocycles. The van der Waals surface area contributed by atoms with E-state index in [1.807, 2.05) is 0 Å². The lowest BCUT2D eigenvalue weighted by Crippen LogP contribution is -2.11. The third-order valence-corrected chi connectivity index (χ3v) is 4.50. The van der Waals surface area contributed by atoms with Crippen molar-refractivity contribution in [1.82, 2.24) is 10.3 Å². The smallest absolute Gasteiger partial charge is 0.165 e. The number of thiazole rings is 1. The van der Waals surface area contributed by atoms with Crippen molar-refractivity contribution in [3.63, 3.8) is 0 Å². The van der Waals surface area contributed by atoms with Crippen molar-refractivity contribution in [1.29, 1.82) is 0 Å². The van der Waals surface area contributed by atoms with Crippen molar-refractivity contribution in [3.8, 4) is 5.75 Å². The molecule has 3 nitrogen and oxygen atoms in total. The fraction of sp³-hybridized carbons (Fsp3) is 0.438. The zero-order chi connectivity index (χ0) is 14.7. The van der Waals surface area contributed by atoms with E-state index in [1.54, 1.807) is 29.5 Å². The summed E-state index contributed by atoms with van der Waals surface area (Å²) in [5, 5.41) is 4.28. The van der Waals surface area contributed by atoms with E-state index in [9.17, 15) is 4.39 Å². The van der Waals surface area contributed by atoms with E-state index in [-0.39, 0.29) is 11.6 Å². The van der Waals surface area contributed by atoms with Crippen molar-refractivity contribution >= 4 is 11.3 Å².